The van der Waals surface area contributed by atoms with Gasteiger partial charge in [-0.3, -0.25) is 0 Å². The van der Waals surface area contributed by atoms with Gasteiger partial charge >= 0.3 is 15.6 Å². The molecule has 1 saturated heterocycles. The van der Waals surface area contributed by atoms with Gasteiger partial charge in [-0.1, -0.05) is 0 Å². The second-order valence-corrected chi connectivity index (χ2v) is 7.48. The van der Waals surface area contributed by atoms with Gasteiger partial charge in [-0.15, -0.1) is 0 Å². The number of hydrogen-bond acceptors (Lipinski definition) is 6. The Morgan fingerprint density at radius 2 is 1.91 bits per heavy atom. The number of methoxy groups -OCH3 is 1. The van der Waals surface area contributed by atoms with E-state index in [4.69, 9.17) is 14.2 Å². The molecule has 0 saturated carbocycles. The summed E-state index contributed by atoms with van der Waals surface area (Å²) >= 11 is 1.66. The third kappa shape index (κ3) is 2.57. The number of ether oxygens (including phenoxy) is 3. The maximum Gasteiger partial charge on any atom is 0.534 e. The van der Waals surface area contributed by atoms with Gasteiger partial charge in [-0.25, -0.2) is 0 Å². The molecule has 1 heterocycles. The fourth-order valence-electron chi connectivity index (χ4n) is 2.57. The van der Waals surface area contributed by atoms with E-state index in [-0.39, 0.29) is 15.7 Å². The monoisotopic (exact) mass is 466 g/mol. The summed E-state index contributed by atoms with van der Waals surface area (Å²) in [6, 6.07) is 1.24. The molecular formula is C12H10F3IO6S. The van der Waals surface area contributed by atoms with Crippen molar-refractivity contribution in [3.8, 4) is 11.5 Å². The van der Waals surface area contributed by atoms with Gasteiger partial charge in [-0.05, 0) is 34.2 Å². The van der Waals surface area contributed by atoms with Crippen LogP contribution in [0.5, 0.6) is 11.5 Å². The molecule has 3 rings (SSSR count). The van der Waals surface area contributed by atoms with Gasteiger partial charge in [0.05, 0.1) is 29.5 Å². The fourth-order valence-corrected chi connectivity index (χ4v) is 3.94. The van der Waals surface area contributed by atoms with Crippen molar-refractivity contribution in [3.05, 3.63) is 20.8 Å². The third-order valence-corrected chi connectivity index (χ3v) is 5.50. The van der Waals surface area contributed by atoms with Crippen molar-refractivity contribution in [2.75, 3.05) is 20.3 Å². The number of hydrogen-bond donors (Lipinski definition) is 0. The molecule has 0 atom stereocenters. The average molecular weight is 466 g/mol. The highest BCUT2D eigenvalue weighted by Crippen LogP contribution is 2.53. The number of fused-ring (bicyclic) bond motifs is 2. The minimum atomic E-state index is -5.75. The van der Waals surface area contributed by atoms with Crippen LogP contribution in [-0.2, 0) is 31.8 Å². The Bertz CT molecular complexity index is 755. The first-order valence-electron chi connectivity index (χ1n) is 6.30. The average Bonchev–Trinajstić information content (AvgIpc) is 2.91. The normalized spacial score (nSPS) is 19.3. The Hall–Kier alpha value is -0.790. The van der Waals surface area contributed by atoms with Gasteiger partial charge in [0, 0.05) is 6.42 Å². The Balaban J connectivity index is 2.05. The van der Waals surface area contributed by atoms with E-state index in [0.29, 0.717) is 24.3 Å². The van der Waals surface area contributed by atoms with E-state index >= 15 is 0 Å². The van der Waals surface area contributed by atoms with Crippen LogP contribution < -0.4 is 8.92 Å². The van der Waals surface area contributed by atoms with Crippen molar-refractivity contribution in [1.82, 2.24) is 0 Å². The molecule has 11 heteroatoms. The standard InChI is InChI=1S/C12H10F3IO6S/c1-19-10-8-6(5-11(8)20-2-3-21-11)4-7(9(10)16)22-23(17,18)12(13,14)15/h4H,2-3,5H2,1H3. The minimum Gasteiger partial charge on any atom is -0.495 e. The van der Waals surface area contributed by atoms with E-state index in [9.17, 15) is 21.6 Å². The number of alkyl halides is 3. The molecule has 2 aliphatic rings. The van der Waals surface area contributed by atoms with Gasteiger partial charge in [0.1, 0.15) is 5.75 Å². The van der Waals surface area contributed by atoms with Crippen LogP contribution in [0.1, 0.15) is 11.1 Å². The Morgan fingerprint density at radius 1 is 1.30 bits per heavy atom. The molecule has 0 bridgehead atoms. The van der Waals surface area contributed by atoms with Crippen molar-refractivity contribution in [2.24, 2.45) is 0 Å². The van der Waals surface area contributed by atoms with Gasteiger partial charge in [0.15, 0.2) is 5.75 Å². The summed E-state index contributed by atoms with van der Waals surface area (Å²) in [5.41, 5.74) is -4.40. The lowest BCUT2D eigenvalue weighted by atomic mass is 9.81. The molecule has 1 aromatic rings. The fraction of sp³-hybridized carbons (Fsp3) is 0.500. The highest BCUT2D eigenvalue weighted by molar-refractivity contribution is 14.1. The molecule has 1 aliphatic carbocycles. The maximum absolute atomic E-state index is 12.5. The van der Waals surface area contributed by atoms with E-state index in [1.165, 1.54) is 13.2 Å². The predicted molar refractivity (Wildman–Crippen MR) is 78.6 cm³/mol. The smallest absolute Gasteiger partial charge is 0.495 e. The highest BCUT2D eigenvalue weighted by atomic mass is 127. The van der Waals surface area contributed by atoms with E-state index in [1.807, 2.05) is 0 Å². The van der Waals surface area contributed by atoms with Gasteiger partial charge in [0.2, 0.25) is 5.79 Å². The zero-order valence-corrected chi connectivity index (χ0v) is 14.5. The summed E-state index contributed by atoms with van der Waals surface area (Å²) in [5, 5.41) is 0. The third-order valence-electron chi connectivity index (χ3n) is 3.51. The molecule has 1 aliphatic heterocycles. The lowest BCUT2D eigenvalue weighted by Gasteiger charge is -2.40. The van der Waals surface area contributed by atoms with Crippen LogP contribution >= 0.6 is 22.6 Å². The summed E-state index contributed by atoms with van der Waals surface area (Å²) in [5.74, 6) is -1.22. The second kappa shape index (κ2) is 5.36. The minimum absolute atomic E-state index is 0.0925. The summed E-state index contributed by atoms with van der Waals surface area (Å²) in [6.07, 6.45) is 0.276. The first kappa shape index (κ1) is 17.0. The van der Waals surface area contributed by atoms with Crippen molar-refractivity contribution in [2.45, 2.75) is 17.7 Å². The molecule has 1 spiro atoms. The Morgan fingerprint density at radius 3 is 2.43 bits per heavy atom. The molecule has 1 fully saturated rings. The lowest BCUT2D eigenvalue weighted by molar-refractivity contribution is -0.183. The van der Waals surface area contributed by atoms with Gasteiger partial charge in [0.25, 0.3) is 0 Å². The van der Waals surface area contributed by atoms with Crippen LogP contribution in [0.25, 0.3) is 0 Å². The molecule has 0 N–H and O–H groups in total. The van der Waals surface area contributed by atoms with E-state index in [1.54, 1.807) is 22.6 Å². The molecular weight excluding hydrogens is 456 g/mol. The van der Waals surface area contributed by atoms with E-state index in [0.717, 1.165) is 0 Å². The predicted octanol–water partition coefficient (Wildman–Crippen LogP) is 2.28. The zero-order valence-electron chi connectivity index (χ0n) is 11.6. The molecule has 0 radical (unpaired) electrons. The largest absolute Gasteiger partial charge is 0.534 e. The molecule has 1 aromatic carbocycles. The number of benzene rings is 1. The van der Waals surface area contributed by atoms with Crippen LogP contribution in [0.3, 0.4) is 0 Å². The van der Waals surface area contributed by atoms with Crippen LogP contribution in [0.15, 0.2) is 6.07 Å². The van der Waals surface area contributed by atoms with Crippen LogP contribution in [0, 0.1) is 3.57 Å². The Kier molecular flexibility index (Phi) is 3.97. The summed E-state index contributed by atoms with van der Waals surface area (Å²) in [7, 11) is -4.43. The molecule has 0 amide bonds. The Labute approximate surface area is 143 Å². The topological polar surface area (TPSA) is 71.1 Å². The van der Waals surface area contributed by atoms with Crippen molar-refractivity contribution in [1.29, 1.82) is 0 Å². The summed E-state index contributed by atoms with van der Waals surface area (Å²) in [4.78, 5) is 0. The highest BCUT2D eigenvalue weighted by Gasteiger charge is 2.53. The quantitative estimate of drug-likeness (QED) is 0.387. The van der Waals surface area contributed by atoms with Gasteiger partial charge < -0.3 is 18.4 Å². The number of rotatable bonds is 3. The SMILES string of the molecule is COc1c(I)c(OS(=O)(=O)C(F)(F)F)cc2c1C1(C2)OCCO1. The molecule has 0 unspecified atom stereocenters. The van der Waals surface area contributed by atoms with Crippen LogP contribution in [0.2, 0.25) is 0 Å². The van der Waals surface area contributed by atoms with E-state index in [2.05, 4.69) is 4.18 Å². The molecule has 0 aromatic heterocycles. The van der Waals surface area contributed by atoms with Crippen LogP contribution in [0.4, 0.5) is 13.2 Å². The first-order chi connectivity index (χ1) is 10.6. The van der Waals surface area contributed by atoms with Crippen molar-refractivity contribution < 1.29 is 40.0 Å². The zero-order chi connectivity index (χ0) is 17.0. The van der Waals surface area contributed by atoms with Gasteiger partial charge in [-0.2, -0.15) is 21.6 Å². The maximum atomic E-state index is 12.5. The summed E-state index contributed by atoms with van der Waals surface area (Å²) < 4.78 is 80.5. The van der Waals surface area contributed by atoms with E-state index < -0.39 is 27.2 Å². The summed E-state index contributed by atoms with van der Waals surface area (Å²) in [6.45, 7) is 0.778. The first-order valence-corrected chi connectivity index (χ1v) is 8.78. The van der Waals surface area contributed by atoms with Crippen LogP contribution in [-0.4, -0.2) is 34.2 Å². The molecule has 23 heavy (non-hydrogen) atoms. The molecule has 6 nitrogen and oxygen atoms in total. The van der Waals surface area contributed by atoms with Crippen molar-refractivity contribution in [3.63, 3.8) is 0 Å². The number of halogens is 4. The lowest BCUT2D eigenvalue weighted by Crippen LogP contribution is -2.40. The molecule has 128 valence electrons. The van der Waals surface area contributed by atoms with Crippen molar-refractivity contribution >= 4 is 32.7 Å². The second-order valence-electron chi connectivity index (χ2n) is 4.87.